The predicted octanol–water partition coefficient (Wildman–Crippen LogP) is 3.81. The van der Waals surface area contributed by atoms with Gasteiger partial charge >= 0.3 is 5.97 Å². The summed E-state index contributed by atoms with van der Waals surface area (Å²) in [4.78, 5) is 12.0. The number of carbonyl (C=O) groups excluding carboxylic acids is 1. The Balaban J connectivity index is 1.69. The van der Waals surface area contributed by atoms with Crippen molar-refractivity contribution in [3.63, 3.8) is 0 Å². The Labute approximate surface area is 144 Å². The zero-order valence-electron chi connectivity index (χ0n) is 15.0. The van der Waals surface area contributed by atoms with E-state index in [0.29, 0.717) is 18.4 Å². The lowest BCUT2D eigenvalue weighted by Gasteiger charge is -2.21. The van der Waals surface area contributed by atoms with Crippen LogP contribution in [-0.2, 0) is 9.53 Å². The quantitative estimate of drug-likeness (QED) is 0.609. The monoisotopic (exact) mass is 331 g/mol. The summed E-state index contributed by atoms with van der Waals surface area (Å²) in [5.41, 5.74) is 2.45. The minimum absolute atomic E-state index is 0.00343. The van der Waals surface area contributed by atoms with E-state index in [9.17, 15) is 4.79 Å². The van der Waals surface area contributed by atoms with Crippen LogP contribution in [0.2, 0.25) is 0 Å². The van der Waals surface area contributed by atoms with E-state index in [1.165, 1.54) is 24.0 Å². The van der Waals surface area contributed by atoms with Crippen LogP contribution in [-0.4, -0.2) is 25.9 Å². The van der Waals surface area contributed by atoms with Gasteiger partial charge in [0.25, 0.3) is 0 Å². The van der Waals surface area contributed by atoms with Crippen LogP contribution >= 0.6 is 0 Å². The largest absolute Gasteiger partial charge is 0.457 e. The molecule has 1 heterocycles. The van der Waals surface area contributed by atoms with Crippen molar-refractivity contribution >= 4 is 5.97 Å². The predicted molar refractivity (Wildman–Crippen MR) is 94.2 cm³/mol. The van der Waals surface area contributed by atoms with Crippen molar-refractivity contribution < 1.29 is 14.3 Å². The molecule has 1 aliphatic heterocycles. The Hall–Kier alpha value is -1.55. The highest BCUT2D eigenvalue weighted by molar-refractivity contribution is 5.73. The van der Waals surface area contributed by atoms with Gasteiger partial charge in [0.1, 0.15) is 5.75 Å². The summed E-state index contributed by atoms with van der Waals surface area (Å²) in [5.74, 6) is 2.37. The van der Waals surface area contributed by atoms with Crippen LogP contribution in [0.3, 0.4) is 0 Å². The summed E-state index contributed by atoms with van der Waals surface area (Å²) in [6, 6.07) is 6.39. The fourth-order valence-corrected chi connectivity index (χ4v) is 3.52. The van der Waals surface area contributed by atoms with E-state index in [0.717, 1.165) is 24.6 Å². The Morgan fingerprint density at radius 2 is 1.96 bits per heavy atom. The first-order chi connectivity index (χ1) is 11.6. The molecule has 1 saturated heterocycles. The third-order valence-electron chi connectivity index (χ3n) is 5.32. The Morgan fingerprint density at radius 3 is 2.58 bits per heavy atom. The molecule has 0 spiro atoms. The minimum atomic E-state index is -0.154. The van der Waals surface area contributed by atoms with Gasteiger partial charge in [-0.25, -0.2) is 0 Å². The smallest absolute Gasteiger partial charge is 0.313 e. The fourth-order valence-electron chi connectivity index (χ4n) is 3.52. The second-order valence-corrected chi connectivity index (χ2v) is 7.46. The molecule has 0 amide bonds. The normalized spacial score (nSPS) is 21.8. The number of esters is 1. The summed E-state index contributed by atoms with van der Waals surface area (Å²) in [6.45, 7) is 8.23. The van der Waals surface area contributed by atoms with Crippen LogP contribution in [0.15, 0.2) is 18.2 Å². The van der Waals surface area contributed by atoms with Crippen molar-refractivity contribution in [2.24, 2.45) is 11.8 Å². The number of carbonyl (C=O) groups is 1. The summed E-state index contributed by atoms with van der Waals surface area (Å²) >= 11 is 0. The zero-order chi connectivity index (χ0) is 17.1. The van der Waals surface area contributed by atoms with E-state index in [2.05, 4.69) is 44.3 Å². The molecule has 1 saturated carbocycles. The number of ether oxygens (including phenoxy) is 2. The van der Waals surface area contributed by atoms with Crippen molar-refractivity contribution in [2.75, 3.05) is 19.9 Å². The standard InChI is InChI=1S/C20H29NO3/c1-13(2)17-5-4-6-18(14(3)15-7-8-15)19(17)23-12-24-20(22)16-9-10-21-11-16/h4-6,13-16,21H,7-12H2,1-3H3. The third kappa shape index (κ3) is 3.92. The molecule has 132 valence electrons. The van der Waals surface area contributed by atoms with Crippen LogP contribution in [0, 0.1) is 11.8 Å². The van der Waals surface area contributed by atoms with Gasteiger partial charge in [-0.3, -0.25) is 4.79 Å². The molecule has 4 heteroatoms. The van der Waals surface area contributed by atoms with Crippen LogP contribution in [0.4, 0.5) is 0 Å². The number of nitrogens with one attached hydrogen (secondary N) is 1. The molecule has 1 aromatic rings. The molecule has 1 aromatic carbocycles. The topological polar surface area (TPSA) is 47.6 Å². The molecule has 0 aromatic heterocycles. The van der Waals surface area contributed by atoms with Crippen LogP contribution < -0.4 is 10.1 Å². The molecule has 2 unspecified atom stereocenters. The molecule has 2 atom stereocenters. The van der Waals surface area contributed by atoms with Gasteiger partial charge in [-0.15, -0.1) is 0 Å². The molecule has 2 fully saturated rings. The van der Waals surface area contributed by atoms with Crippen molar-refractivity contribution in [1.82, 2.24) is 5.32 Å². The number of benzene rings is 1. The van der Waals surface area contributed by atoms with Crippen LogP contribution in [0.5, 0.6) is 5.75 Å². The molecule has 24 heavy (non-hydrogen) atoms. The summed E-state index contributed by atoms with van der Waals surface area (Å²) < 4.78 is 11.4. The molecule has 1 N–H and O–H groups in total. The number of hydrogen-bond acceptors (Lipinski definition) is 4. The maximum absolute atomic E-state index is 12.0. The van der Waals surface area contributed by atoms with E-state index in [4.69, 9.17) is 9.47 Å². The van der Waals surface area contributed by atoms with Crippen molar-refractivity contribution in [3.8, 4) is 5.75 Å². The van der Waals surface area contributed by atoms with Gasteiger partial charge < -0.3 is 14.8 Å². The fraction of sp³-hybridized carbons (Fsp3) is 0.650. The van der Waals surface area contributed by atoms with E-state index < -0.39 is 0 Å². The molecule has 0 radical (unpaired) electrons. The van der Waals surface area contributed by atoms with Crippen LogP contribution in [0.1, 0.15) is 63.0 Å². The Morgan fingerprint density at radius 1 is 1.21 bits per heavy atom. The van der Waals surface area contributed by atoms with Gasteiger partial charge in [-0.2, -0.15) is 0 Å². The van der Waals surface area contributed by atoms with Crippen LogP contribution in [0.25, 0.3) is 0 Å². The Kier molecular flexibility index (Phi) is 5.44. The first-order valence-electron chi connectivity index (χ1n) is 9.21. The molecular formula is C20H29NO3. The molecule has 1 aliphatic carbocycles. The highest BCUT2D eigenvalue weighted by Crippen LogP contribution is 2.46. The van der Waals surface area contributed by atoms with Crippen molar-refractivity contribution in [2.45, 2.75) is 51.9 Å². The summed E-state index contributed by atoms with van der Waals surface area (Å²) in [6.07, 6.45) is 3.46. The first kappa shape index (κ1) is 17.3. The summed E-state index contributed by atoms with van der Waals surface area (Å²) in [7, 11) is 0. The molecular weight excluding hydrogens is 302 g/mol. The van der Waals surface area contributed by atoms with E-state index in [1.54, 1.807) is 0 Å². The lowest BCUT2D eigenvalue weighted by Crippen LogP contribution is -2.22. The molecule has 3 rings (SSSR count). The molecule has 0 bridgehead atoms. The van der Waals surface area contributed by atoms with Gasteiger partial charge in [-0.1, -0.05) is 39.0 Å². The maximum atomic E-state index is 12.0. The van der Waals surface area contributed by atoms with Crippen molar-refractivity contribution in [3.05, 3.63) is 29.3 Å². The van der Waals surface area contributed by atoms with E-state index in [-0.39, 0.29) is 18.7 Å². The number of hydrogen-bond donors (Lipinski definition) is 1. The second-order valence-electron chi connectivity index (χ2n) is 7.46. The second kappa shape index (κ2) is 7.56. The van der Waals surface area contributed by atoms with Gasteiger partial charge in [0.15, 0.2) is 0 Å². The van der Waals surface area contributed by atoms with Gasteiger partial charge in [0, 0.05) is 6.54 Å². The minimum Gasteiger partial charge on any atom is -0.457 e. The average molecular weight is 331 g/mol. The zero-order valence-corrected chi connectivity index (χ0v) is 15.0. The molecule has 2 aliphatic rings. The van der Waals surface area contributed by atoms with Gasteiger partial charge in [0.05, 0.1) is 5.92 Å². The van der Waals surface area contributed by atoms with E-state index in [1.807, 2.05) is 0 Å². The lowest BCUT2D eigenvalue weighted by atomic mass is 9.90. The number of para-hydroxylation sites is 1. The maximum Gasteiger partial charge on any atom is 0.313 e. The van der Waals surface area contributed by atoms with Gasteiger partial charge in [0.2, 0.25) is 6.79 Å². The first-order valence-corrected chi connectivity index (χ1v) is 9.21. The SMILES string of the molecule is CC(C)c1cccc(C(C)C2CC2)c1OCOC(=O)C1CCNC1. The molecule has 4 nitrogen and oxygen atoms in total. The van der Waals surface area contributed by atoms with Crippen molar-refractivity contribution in [1.29, 1.82) is 0 Å². The summed E-state index contributed by atoms with van der Waals surface area (Å²) in [5, 5.41) is 3.19. The van der Waals surface area contributed by atoms with E-state index >= 15 is 0 Å². The number of rotatable bonds is 7. The Bertz CT molecular complexity index is 574. The lowest BCUT2D eigenvalue weighted by molar-refractivity contribution is -0.154. The third-order valence-corrected chi connectivity index (χ3v) is 5.32. The average Bonchev–Trinajstić information content (AvgIpc) is 3.28. The highest BCUT2D eigenvalue weighted by atomic mass is 16.7. The van der Waals surface area contributed by atoms with Gasteiger partial charge in [-0.05, 0) is 54.7 Å². The highest BCUT2D eigenvalue weighted by Gasteiger charge is 2.31.